The summed E-state index contributed by atoms with van der Waals surface area (Å²) < 4.78 is 5.79. The normalized spacial score (nSPS) is 12.1. The van der Waals surface area contributed by atoms with E-state index >= 15 is 0 Å². The number of rotatable bonds is 1. The molecule has 0 saturated carbocycles. The number of hydrogen-bond donors (Lipinski definition) is 2. The second-order valence-corrected chi connectivity index (χ2v) is 4.84. The predicted molar refractivity (Wildman–Crippen MR) is 68.7 cm³/mol. The third-order valence-corrected chi connectivity index (χ3v) is 3.73. The maximum absolute atomic E-state index is 11.7. The van der Waals surface area contributed by atoms with Crippen molar-refractivity contribution in [2.45, 2.75) is 9.79 Å². The van der Waals surface area contributed by atoms with Crippen molar-refractivity contribution >= 4 is 17.7 Å². The van der Waals surface area contributed by atoms with Crippen molar-refractivity contribution < 1.29 is 9.53 Å². The zero-order valence-electron chi connectivity index (χ0n) is 9.34. The summed E-state index contributed by atoms with van der Waals surface area (Å²) >= 11 is 1.58. The van der Waals surface area contributed by atoms with Crippen molar-refractivity contribution in [1.29, 1.82) is 0 Å². The Hall–Kier alpha value is -1.98. The molecule has 0 unspecified atom stereocenters. The zero-order valence-corrected chi connectivity index (χ0v) is 10.2. The highest BCUT2D eigenvalue weighted by Crippen LogP contribution is 2.47. The van der Waals surface area contributed by atoms with Gasteiger partial charge in [-0.1, -0.05) is 30.0 Å². The van der Waals surface area contributed by atoms with Crippen LogP contribution in [-0.4, -0.2) is 5.91 Å². The molecule has 1 amide bonds. The van der Waals surface area contributed by atoms with E-state index in [1.54, 1.807) is 17.8 Å². The highest BCUT2D eigenvalue weighted by Gasteiger charge is 2.22. The topological polar surface area (TPSA) is 64.3 Å². The molecule has 0 fully saturated rings. The van der Waals surface area contributed by atoms with Gasteiger partial charge >= 0.3 is 0 Å². The average molecular weight is 258 g/mol. The number of hydrogen-bond acceptors (Lipinski definition) is 4. The minimum Gasteiger partial charge on any atom is -0.454 e. The molecule has 0 spiro atoms. The molecule has 0 atom stereocenters. The summed E-state index contributed by atoms with van der Waals surface area (Å²) in [6.07, 6.45) is 0. The zero-order chi connectivity index (χ0) is 12.5. The lowest BCUT2D eigenvalue weighted by Gasteiger charge is -2.21. The number of nitrogens with one attached hydrogen (secondary N) is 1. The number of nitrogen functional groups attached to an aromatic ring is 1. The van der Waals surface area contributed by atoms with Crippen molar-refractivity contribution in [3.05, 3.63) is 48.0 Å². The van der Waals surface area contributed by atoms with Gasteiger partial charge in [-0.05, 0) is 24.3 Å². The predicted octanol–water partition coefficient (Wildman–Crippen LogP) is 2.55. The van der Waals surface area contributed by atoms with E-state index in [9.17, 15) is 4.79 Å². The van der Waals surface area contributed by atoms with Gasteiger partial charge in [-0.2, -0.15) is 0 Å². The molecule has 0 saturated heterocycles. The second-order valence-electron chi connectivity index (χ2n) is 3.76. The fraction of sp³-hybridized carbons (Fsp3) is 0. The van der Waals surface area contributed by atoms with E-state index < -0.39 is 0 Å². The molecule has 3 rings (SSSR count). The molecule has 1 heterocycles. The molecule has 3 N–H and O–H groups in total. The molecule has 0 radical (unpaired) electrons. The smallest absolute Gasteiger partial charge is 0.269 e. The quantitative estimate of drug-likeness (QED) is 0.400. The number of nitrogens with two attached hydrogens (primary N) is 1. The van der Waals surface area contributed by atoms with Crippen molar-refractivity contribution in [3.63, 3.8) is 0 Å². The van der Waals surface area contributed by atoms with Gasteiger partial charge in [-0.25, -0.2) is 5.84 Å². The Labute approximate surface area is 108 Å². The molecule has 2 aromatic carbocycles. The van der Waals surface area contributed by atoms with Crippen LogP contribution in [0.5, 0.6) is 11.5 Å². The van der Waals surface area contributed by atoms with E-state index in [2.05, 4.69) is 5.43 Å². The second kappa shape index (κ2) is 4.36. The van der Waals surface area contributed by atoms with E-state index in [-0.39, 0.29) is 5.91 Å². The first kappa shape index (κ1) is 11.1. The monoisotopic (exact) mass is 258 g/mol. The van der Waals surface area contributed by atoms with Gasteiger partial charge < -0.3 is 4.74 Å². The van der Waals surface area contributed by atoms with Gasteiger partial charge in [0.05, 0.1) is 15.4 Å². The van der Waals surface area contributed by atoms with Crippen LogP contribution in [0.4, 0.5) is 0 Å². The first-order chi connectivity index (χ1) is 8.79. The number of carbonyl (C=O) groups is 1. The van der Waals surface area contributed by atoms with Crippen LogP contribution in [0, 0.1) is 0 Å². The van der Waals surface area contributed by atoms with E-state index in [0.29, 0.717) is 11.3 Å². The Morgan fingerprint density at radius 1 is 1.11 bits per heavy atom. The molecular weight excluding hydrogens is 248 g/mol. The van der Waals surface area contributed by atoms with E-state index in [1.807, 2.05) is 36.4 Å². The lowest BCUT2D eigenvalue weighted by molar-refractivity contribution is 0.0951. The Morgan fingerprint density at radius 3 is 2.72 bits per heavy atom. The van der Waals surface area contributed by atoms with Crippen molar-refractivity contribution in [3.8, 4) is 11.5 Å². The molecule has 1 aliphatic heterocycles. The van der Waals surface area contributed by atoms with Crippen LogP contribution in [0.2, 0.25) is 0 Å². The number of fused-ring (bicyclic) bond motifs is 2. The van der Waals surface area contributed by atoms with Crippen molar-refractivity contribution in [2.24, 2.45) is 5.84 Å². The maximum atomic E-state index is 11.7. The van der Waals surface area contributed by atoms with E-state index in [0.717, 1.165) is 15.5 Å². The van der Waals surface area contributed by atoms with Gasteiger partial charge in [-0.15, -0.1) is 0 Å². The third kappa shape index (κ3) is 1.73. The van der Waals surface area contributed by atoms with Crippen molar-refractivity contribution in [1.82, 2.24) is 5.43 Å². The molecule has 0 aliphatic carbocycles. The summed E-state index contributed by atoms with van der Waals surface area (Å²) in [6.45, 7) is 0. The number of para-hydroxylation sites is 2. The summed E-state index contributed by atoms with van der Waals surface area (Å²) in [6, 6.07) is 13.1. The standard InChI is InChI=1S/C13H10N2O2S/c14-15-13(16)8-4-3-7-11-12(8)17-9-5-1-2-6-10(9)18-11/h1-7H,14H2,(H,15,16). The van der Waals surface area contributed by atoms with E-state index in [1.165, 1.54) is 0 Å². The first-order valence-electron chi connectivity index (χ1n) is 5.38. The molecule has 4 nitrogen and oxygen atoms in total. The minimum atomic E-state index is -0.355. The Bertz CT molecular complexity index is 628. The summed E-state index contributed by atoms with van der Waals surface area (Å²) in [5.41, 5.74) is 2.57. The van der Waals surface area contributed by atoms with Crippen LogP contribution in [0.1, 0.15) is 10.4 Å². The van der Waals surface area contributed by atoms with E-state index in [4.69, 9.17) is 10.6 Å². The summed E-state index contributed by atoms with van der Waals surface area (Å²) in [7, 11) is 0. The summed E-state index contributed by atoms with van der Waals surface area (Å²) in [5, 5.41) is 0. The van der Waals surface area contributed by atoms with Crippen LogP contribution in [0.15, 0.2) is 52.3 Å². The number of benzene rings is 2. The van der Waals surface area contributed by atoms with Gasteiger partial charge in [0.2, 0.25) is 0 Å². The molecule has 0 bridgehead atoms. The number of amides is 1. The fourth-order valence-electron chi connectivity index (χ4n) is 1.81. The molecule has 1 aliphatic rings. The Balaban J connectivity index is 2.10. The van der Waals surface area contributed by atoms with Crippen LogP contribution < -0.4 is 16.0 Å². The Morgan fingerprint density at radius 2 is 1.89 bits per heavy atom. The van der Waals surface area contributed by atoms with Gasteiger partial charge in [-0.3, -0.25) is 10.2 Å². The van der Waals surface area contributed by atoms with Gasteiger partial charge in [0.1, 0.15) is 5.75 Å². The highest BCUT2D eigenvalue weighted by molar-refractivity contribution is 7.99. The fourth-order valence-corrected chi connectivity index (χ4v) is 2.79. The molecule has 18 heavy (non-hydrogen) atoms. The minimum absolute atomic E-state index is 0.355. The van der Waals surface area contributed by atoms with Crippen LogP contribution >= 0.6 is 11.8 Å². The van der Waals surface area contributed by atoms with Crippen LogP contribution in [-0.2, 0) is 0 Å². The number of hydrazine groups is 1. The third-order valence-electron chi connectivity index (χ3n) is 2.64. The largest absolute Gasteiger partial charge is 0.454 e. The maximum Gasteiger partial charge on any atom is 0.269 e. The highest BCUT2D eigenvalue weighted by atomic mass is 32.2. The molecular formula is C13H10N2O2S. The van der Waals surface area contributed by atoms with Crippen LogP contribution in [0.25, 0.3) is 0 Å². The molecule has 2 aromatic rings. The summed E-state index contributed by atoms with van der Waals surface area (Å²) in [4.78, 5) is 13.6. The lowest BCUT2D eigenvalue weighted by Crippen LogP contribution is -2.30. The van der Waals surface area contributed by atoms with Gasteiger partial charge in [0.15, 0.2) is 5.75 Å². The molecule has 0 aromatic heterocycles. The van der Waals surface area contributed by atoms with Gasteiger partial charge in [0, 0.05) is 0 Å². The van der Waals surface area contributed by atoms with Crippen LogP contribution in [0.3, 0.4) is 0 Å². The molecule has 90 valence electrons. The average Bonchev–Trinajstić information content (AvgIpc) is 2.43. The number of carbonyl (C=O) groups excluding carboxylic acids is 1. The summed E-state index contributed by atoms with van der Waals surface area (Å²) in [5.74, 6) is 6.13. The van der Waals surface area contributed by atoms with Crippen molar-refractivity contribution in [2.75, 3.05) is 0 Å². The lowest BCUT2D eigenvalue weighted by atomic mass is 10.2. The van der Waals surface area contributed by atoms with Gasteiger partial charge in [0.25, 0.3) is 5.91 Å². The first-order valence-corrected chi connectivity index (χ1v) is 6.20. The molecule has 5 heteroatoms. The Kier molecular flexibility index (Phi) is 2.70. The SMILES string of the molecule is NNC(=O)c1cccc2c1Oc1ccccc1S2. The number of ether oxygens (including phenoxy) is 1.